The van der Waals surface area contributed by atoms with Gasteiger partial charge in [0, 0.05) is 10.6 Å². The number of aliphatic hydroxyl groups is 1. The van der Waals surface area contributed by atoms with Crippen LogP contribution in [-0.2, 0) is 23.7 Å². The van der Waals surface area contributed by atoms with Crippen molar-refractivity contribution in [3.8, 4) is 0 Å². The minimum atomic E-state index is -1.49. The molecule has 146 valence electrons. The molecule has 27 heavy (non-hydrogen) atoms. The molecule has 1 aromatic rings. The zero-order valence-electron chi connectivity index (χ0n) is 15.4. The van der Waals surface area contributed by atoms with Crippen molar-refractivity contribution in [2.45, 2.75) is 69.3 Å². The first kappa shape index (κ1) is 19.0. The van der Waals surface area contributed by atoms with E-state index < -0.39 is 53.2 Å². The molecular weight excluding hydrogens is 376 g/mol. The SMILES string of the molecule is CC1(C)O[C@H]2[C@@H](C(=O)C(=O)c3ccc(Cl)cc3)O[C@@H]3OC(C)(C)[C@@]3(O)[C@H]2O1. The maximum absolute atomic E-state index is 12.9. The highest BCUT2D eigenvalue weighted by molar-refractivity contribution is 6.45. The van der Waals surface area contributed by atoms with Crippen molar-refractivity contribution in [3.05, 3.63) is 34.9 Å². The maximum atomic E-state index is 12.9. The second-order valence-electron chi connectivity index (χ2n) is 8.06. The summed E-state index contributed by atoms with van der Waals surface area (Å²) in [5.41, 5.74) is -2.25. The molecule has 0 aliphatic carbocycles. The standard InChI is InChI=1S/C19H21ClO7/c1-17(2)19(23)15-14(25-18(3,4)26-15)13(24-16(19)27-17)12(22)11(21)9-5-7-10(20)8-6-9/h5-8,13-16,23H,1-4H3/t13-,14+,15+,16-,19-/m1/s1. The third kappa shape index (κ3) is 2.68. The van der Waals surface area contributed by atoms with Gasteiger partial charge in [0.25, 0.3) is 0 Å². The number of hydrogen-bond acceptors (Lipinski definition) is 7. The number of benzene rings is 1. The summed E-state index contributed by atoms with van der Waals surface area (Å²) in [6, 6.07) is 6.00. The van der Waals surface area contributed by atoms with Crippen molar-refractivity contribution < 1.29 is 33.6 Å². The van der Waals surface area contributed by atoms with E-state index in [1.54, 1.807) is 27.7 Å². The molecule has 5 atom stereocenters. The predicted molar refractivity (Wildman–Crippen MR) is 93.4 cm³/mol. The normalized spacial score (nSPS) is 38.4. The molecule has 3 aliphatic rings. The average molecular weight is 397 g/mol. The molecule has 3 aliphatic heterocycles. The van der Waals surface area contributed by atoms with Crippen LogP contribution in [0.1, 0.15) is 38.1 Å². The Hall–Kier alpha value is -1.35. The second kappa shape index (κ2) is 5.83. The van der Waals surface area contributed by atoms with Crippen LogP contribution in [0.15, 0.2) is 24.3 Å². The van der Waals surface area contributed by atoms with Crippen LogP contribution in [0.5, 0.6) is 0 Å². The summed E-state index contributed by atoms with van der Waals surface area (Å²) in [7, 11) is 0. The van der Waals surface area contributed by atoms with Gasteiger partial charge >= 0.3 is 0 Å². The molecule has 8 heteroatoms. The number of ether oxygens (including phenoxy) is 4. The zero-order valence-corrected chi connectivity index (χ0v) is 16.1. The summed E-state index contributed by atoms with van der Waals surface area (Å²) in [5, 5.41) is 11.6. The summed E-state index contributed by atoms with van der Waals surface area (Å²) in [6.07, 6.45) is -4.14. The molecule has 3 heterocycles. The van der Waals surface area contributed by atoms with Gasteiger partial charge in [-0.2, -0.15) is 0 Å². The van der Waals surface area contributed by atoms with Gasteiger partial charge in [0.1, 0.15) is 17.8 Å². The van der Waals surface area contributed by atoms with E-state index in [4.69, 9.17) is 30.5 Å². The molecule has 0 aromatic heterocycles. The van der Waals surface area contributed by atoms with E-state index in [0.717, 1.165) is 0 Å². The number of ketones is 2. The van der Waals surface area contributed by atoms with E-state index in [1.165, 1.54) is 24.3 Å². The Bertz CT molecular complexity index is 803. The Morgan fingerprint density at radius 1 is 1.04 bits per heavy atom. The van der Waals surface area contributed by atoms with Gasteiger partial charge in [-0.15, -0.1) is 0 Å². The monoisotopic (exact) mass is 396 g/mol. The summed E-state index contributed by atoms with van der Waals surface area (Å²) >= 11 is 5.83. The van der Waals surface area contributed by atoms with Crippen molar-refractivity contribution in [2.75, 3.05) is 0 Å². The fourth-order valence-electron chi connectivity index (χ4n) is 3.93. The van der Waals surface area contributed by atoms with Crippen LogP contribution in [-0.4, -0.2) is 58.3 Å². The summed E-state index contributed by atoms with van der Waals surface area (Å²) < 4.78 is 23.0. The van der Waals surface area contributed by atoms with E-state index in [1.807, 2.05) is 0 Å². The van der Waals surface area contributed by atoms with E-state index in [0.29, 0.717) is 5.02 Å². The first-order chi connectivity index (χ1) is 12.5. The molecule has 0 saturated carbocycles. The predicted octanol–water partition coefficient (Wildman–Crippen LogP) is 1.88. The Labute approximate surface area is 161 Å². The Morgan fingerprint density at radius 2 is 1.67 bits per heavy atom. The lowest BCUT2D eigenvalue weighted by atomic mass is 9.70. The van der Waals surface area contributed by atoms with Gasteiger partial charge in [-0.1, -0.05) is 11.6 Å². The minimum absolute atomic E-state index is 0.193. The second-order valence-corrected chi connectivity index (χ2v) is 8.50. The van der Waals surface area contributed by atoms with Crippen LogP contribution >= 0.6 is 11.6 Å². The first-order valence-electron chi connectivity index (χ1n) is 8.72. The lowest BCUT2D eigenvalue weighted by molar-refractivity contribution is -0.458. The fraction of sp³-hybridized carbons (Fsp3) is 0.579. The number of rotatable bonds is 3. The summed E-state index contributed by atoms with van der Waals surface area (Å²) in [5.74, 6) is -2.56. The van der Waals surface area contributed by atoms with Gasteiger partial charge in [-0.05, 0) is 52.0 Å². The smallest absolute Gasteiger partial charge is 0.234 e. The lowest BCUT2D eigenvalue weighted by Crippen LogP contribution is -2.83. The van der Waals surface area contributed by atoms with Crippen molar-refractivity contribution >= 4 is 23.2 Å². The van der Waals surface area contributed by atoms with Crippen LogP contribution in [0.25, 0.3) is 0 Å². The number of Topliss-reactive ketones (excluding diaryl/α,β-unsaturated/α-hetero) is 2. The number of fused-ring (bicyclic) bond motifs is 3. The summed E-state index contributed by atoms with van der Waals surface area (Å²) in [4.78, 5) is 25.5. The minimum Gasteiger partial charge on any atom is -0.379 e. The molecule has 0 radical (unpaired) electrons. The van der Waals surface area contributed by atoms with Gasteiger partial charge < -0.3 is 24.1 Å². The van der Waals surface area contributed by atoms with Gasteiger partial charge in [-0.3, -0.25) is 9.59 Å². The first-order valence-corrected chi connectivity index (χ1v) is 9.09. The number of hydrogen-bond donors (Lipinski definition) is 1. The Balaban J connectivity index is 1.65. The molecular formula is C19H21ClO7. The molecule has 1 N–H and O–H groups in total. The topological polar surface area (TPSA) is 91.3 Å². The maximum Gasteiger partial charge on any atom is 0.234 e. The molecule has 1 aromatic carbocycles. The van der Waals surface area contributed by atoms with Crippen molar-refractivity contribution in [2.24, 2.45) is 0 Å². The third-order valence-electron chi connectivity index (χ3n) is 5.45. The van der Waals surface area contributed by atoms with Gasteiger partial charge in [-0.25, -0.2) is 0 Å². The molecule has 0 bridgehead atoms. The molecule has 0 unspecified atom stereocenters. The number of carbonyl (C=O) groups excluding carboxylic acids is 2. The molecule has 3 fully saturated rings. The van der Waals surface area contributed by atoms with Crippen molar-refractivity contribution in [1.29, 1.82) is 0 Å². The van der Waals surface area contributed by atoms with Crippen LogP contribution < -0.4 is 0 Å². The van der Waals surface area contributed by atoms with Crippen LogP contribution in [0.2, 0.25) is 5.02 Å². The third-order valence-corrected chi connectivity index (χ3v) is 5.70. The van der Waals surface area contributed by atoms with Gasteiger partial charge in [0.15, 0.2) is 23.8 Å². The molecule has 3 saturated heterocycles. The van der Waals surface area contributed by atoms with Gasteiger partial charge in [0.2, 0.25) is 11.6 Å². The average Bonchev–Trinajstić information content (AvgIpc) is 2.92. The molecule has 0 spiro atoms. The number of halogens is 1. The highest BCUT2D eigenvalue weighted by atomic mass is 35.5. The van der Waals surface area contributed by atoms with E-state index >= 15 is 0 Å². The molecule has 0 amide bonds. The Morgan fingerprint density at radius 3 is 2.26 bits per heavy atom. The lowest BCUT2D eigenvalue weighted by Gasteiger charge is -2.62. The quantitative estimate of drug-likeness (QED) is 0.616. The van der Waals surface area contributed by atoms with Gasteiger partial charge in [0.05, 0.1) is 0 Å². The highest BCUT2D eigenvalue weighted by Crippen LogP contribution is 2.54. The highest BCUT2D eigenvalue weighted by Gasteiger charge is 2.76. The largest absolute Gasteiger partial charge is 0.379 e. The van der Waals surface area contributed by atoms with E-state index in [-0.39, 0.29) is 5.56 Å². The Kier molecular flexibility index (Phi) is 4.10. The van der Waals surface area contributed by atoms with Crippen molar-refractivity contribution in [3.63, 3.8) is 0 Å². The fourth-order valence-corrected chi connectivity index (χ4v) is 4.06. The summed E-state index contributed by atoms with van der Waals surface area (Å²) in [6.45, 7) is 6.77. The van der Waals surface area contributed by atoms with Crippen LogP contribution in [0, 0.1) is 0 Å². The van der Waals surface area contributed by atoms with Crippen LogP contribution in [0.4, 0.5) is 0 Å². The van der Waals surface area contributed by atoms with E-state index in [2.05, 4.69) is 0 Å². The molecule has 7 nitrogen and oxygen atoms in total. The zero-order chi connectivity index (χ0) is 19.8. The van der Waals surface area contributed by atoms with Crippen molar-refractivity contribution in [1.82, 2.24) is 0 Å². The number of carbonyl (C=O) groups is 2. The molecule has 4 rings (SSSR count). The van der Waals surface area contributed by atoms with E-state index in [9.17, 15) is 14.7 Å². The van der Waals surface area contributed by atoms with Crippen LogP contribution in [0.3, 0.4) is 0 Å².